The Morgan fingerprint density at radius 1 is 1.31 bits per heavy atom. The maximum Gasteiger partial charge on any atom is 0.0208 e. The lowest BCUT2D eigenvalue weighted by atomic mass is 10.0. The molecule has 0 unspecified atom stereocenters. The smallest absolute Gasteiger partial charge is 0.0208 e. The highest BCUT2D eigenvalue weighted by Gasteiger charge is 2.06. The Balaban J connectivity index is 2.32. The predicted molar refractivity (Wildman–Crippen MR) is 58.3 cm³/mol. The molecule has 0 radical (unpaired) electrons. The van der Waals surface area contributed by atoms with Gasteiger partial charge in [-0.3, -0.25) is 0 Å². The van der Waals surface area contributed by atoms with Crippen molar-refractivity contribution in [2.45, 2.75) is 24.3 Å². The first-order valence-electron chi connectivity index (χ1n) is 4.76. The first-order chi connectivity index (χ1) is 6.40. The lowest BCUT2D eigenvalue weighted by Crippen LogP contribution is -2.11. The summed E-state index contributed by atoms with van der Waals surface area (Å²) in [5.74, 6) is 0. The van der Waals surface area contributed by atoms with Crippen molar-refractivity contribution in [3.05, 3.63) is 29.3 Å². The zero-order chi connectivity index (χ0) is 9.10. The van der Waals surface area contributed by atoms with E-state index in [1.807, 2.05) is 11.8 Å². The van der Waals surface area contributed by atoms with Crippen LogP contribution in [0.4, 0.5) is 0 Å². The maximum absolute atomic E-state index is 3.45. The quantitative estimate of drug-likeness (QED) is 0.688. The minimum atomic E-state index is 1.05. The van der Waals surface area contributed by atoms with Crippen molar-refractivity contribution in [3.8, 4) is 0 Å². The van der Waals surface area contributed by atoms with Crippen LogP contribution in [0.2, 0.25) is 0 Å². The molecule has 2 rings (SSSR count). The van der Waals surface area contributed by atoms with Gasteiger partial charge in [-0.2, -0.15) is 0 Å². The summed E-state index contributed by atoms with van der Waals surface area (Å²) < 4.78 is 0. The maximum atomic E-state index is 3.45. The van der Waals surface area contributed by atoms with E-state index in [4.69, 9.17) is 0 Å². The van der Waals surface area contributed by atoms with Gasteiger partial charge in [-0.15, -0.1) is 11.8 Å². The van der Waals surface area contributed by atoms with Gasteiger partial charge in [0.2, 0.25) is 0 Å². The summed E-state index contributed by atoms with van der Waals surface area (Å²) in [6.07, 6.45) is 4.63. The molecule has 0 spiro atoms. The van der Waals surface area contributed by atoms with Crippen LogP contribution in [0.5, 0.6) is 0 Å². The van der Waals surface area contributed by atoms with Gasteiger partial charge in [-0.25, -0.2) is 0 Å². The third-order valence-electron chi connectivity index (χ3n) is 2.53. The Morgan fingerprint density at radius 2 is 2.23 bits per heavy atom. The molecule has 70 valence electrons. The Bertz CT molecular complexity index is 296. The van der Waals surface area contributed by atoms with Crippen molar-refractivity contribution >= 4 is 11.8 Å². The van der Waals surface area contributed by atoms with Crippen molar-refractivity contribution in [1.82, 2.24) is 5.32 Å². The fraction of sp³-hybridized carbons (Fsp3) is 0.455. The van der Waals surface area contributed by atoms with Gasteiger partial charge < -0.3 is 5.32 Å². The van der Waals surface area contributed by atoms with Crippen molar-refractivity contribution in [1.29, 1.82) is 0 Å². The fourth-order valence-corrected chi connectivity index (χ4v) is 2.23. The molecule has 1 aromatic rings. The second-order valence-corrected chi connectivity index (χ2v) is 4.29. The van der Waals surface area contributed by atoms with E-state index in [0.29, 0.717) is 0 Å². The molecule has 13 heavy (non-hydrogen) atoms. The normalized spacial score (nSPS) is 16.4. The zero-order valence-corrected chi connectivity index (χ0v) is 8.79. The number of thioether (sulfide) groups is 1. The van der Waals surface area contributed by atoms with Crippen molar-refractivity contribution in [2.24, 2.45) is 0 Å². The fourth-order valence-electron chi connectivity index (χ4n) is 1.76. The number of nitrogens with one attached hydrogen (secondary N) is 1. The van der Waals surface area contributed by atoms with Gasteiger partial charge in [0.05, 0.1) is 0 Å². The zero-order valence-electron chi connectivity index (χ0n) is 7.97. The molecular formula is C11H15NS. The molecular weight excluding hydrogens is 178 g/mol. The molecule has 0 saturated carbocycles. The minimum absolute atomic E-state index is 1.05. The average Bonchev–Trinajstić information content (AvgIpc) is 2.41. The van der Waals surface area contributed by atoms with E-state index in [1.165, 1.54) is 28.9 Å². The minimum Gasteiger partial charge on any atom is -0.313 e. The molecule has 0 saturated heterocycles. The number of rotatable bonds is 1. The van der Waals surface area contributed by atoms with E-state index in [0.717, 1.165) is 13.1 Å². The highest BCUT2D eigenvalue weighted by Crippen LogP contribution is 2.21. The first-order valence-corrected chi connectivity index (χ1v) is 5.99. The molecule has 1 N–H and O–H groups in total. The van der Waals surface area contributed by atoms with E-state index in [2.05, 4.69) is 29.8 Å². The van der Waals surface area contributed by atoms with E-state index in [-0.39, 0.29) is 0 Å². The summed E-state index contributed by atoms with van der Waals surface area (Å²) in [6, 6.07) is 6.83. The van der Waals surface area contributed by atoms with Crippen LogP contribution in [-0.2, 0) is 13.0 Å². The molecule has 0 fully saturated rings. The summed E-state index contributed by atoms with van der Waals surface area (Å²) in [5.41, 5.74) is 3.02. The SMILES string of the molecule is CSc1ccc2c(c1)CNCCC2. The third kappa shape index (κ3) is 2.06. The lowest BCUT2D eigenvalue weighted by Gasteiger charge is -2.06. The van der Waals surface area contributed by atoms with E-state index < -0.39 is 0 Å². The molecule has 2 heteroatoms. The van der Waals surface area contributed by atoms with Crippen LogP contribution in [0.1, 0.15) is 17.5 Å². The lowest BCUT2D eigenvalue weighted by molar-refractivity contribution is 0.680. The Kier molecular flexibility index (Phi) is 2.91. The highest BCUT2D eigenvalue weighted by atomic mass is 32.2. The van der Waals surface area contributed by atoms with Crippen LogP contribution in [0.25, 0.3) is 0 Å². The van der Waals surface area contributed by atoms with Crippen LogP contribution in [0.15, 0.2) is 23.1 Å². The number of aryl methyl sites for hydroxylation is 1. The summed E-state index contributed by atoms with van der Waals surface area (Å²) in [5, 5.41) is 3.45. The first kappa shape index (κ1) is 9.10. The third-order valence-corrected chi connectivity index (χ3v) is 3.25. The van der Waals surface area contributed by atoms with Gasteiger partial charge in [0.15, 0.2) is 0 Å². The van der Waals surface area contributed by atoms with Gasteiger partial charge in [0.25, 0.3) is 0 Å². The monoisotopic (exact) mass is 193 g/mol. The molecule has 0 atom stereocenters. The summed E-state index contributed by atoms with van der Waals surface area (Å²) >= 11 is 1.82. The standard InChI is InChI=1S/C11H15NS/c1-13-11-5-4-9-3-2-6-12-8-10(9)7-11/h4-5,7,12H,2-3,6,8H2,1H3. The van der Waals surface area contributed by atoms with Crippen molar-refractivity contribution in [3.63, 3.8) is 0 Å². The number of hydrogen-bond donors (Lipinski definition) is 1. The Labute approximate surface area is 83.9 Å². The summed E-state index contributed by atoms with van der Waals surface area (Å²) in [7, 11) is 0. The molecule has 0 bridgehead atoms. The van der Waals surface area contributed by atoms with E-state index >= 15 is 0 Å². The molecule has 1 aliphatic rings. The number of hydrogen-bond acceptors (Lipinski definition) is 2. The van der Waals surface area contributed by atoms with E-state index in [1.54, 1.807) is 0 Å². The summed E-state index contributed by atoms with van der Waals surface area (Å²) in [4.78, 5) is 1.38. The number of benzene rings is 1. The van der Waals surface area contributed by atoms with Gasteiger partial charge in [0, 0.05) is 11.4 Å². The molecule has 1 aliphatic heterocycles. The van der Waals surface area contributed by atoms with Crippen LogP contribution in [0.3, 0.4) is 0 Å². The molecule has 0 aromatic heterocycles. The Hall–Kier alpha value is -0.470. The number of fused-ring (bicyclic) bond motifs is 1. The second kappa shape index (κ2) is 4.16. The molecule has 1 aromatic carbocycles. The largest absolute Gasteiger partial charge is 0.313 e. The summed E-state index contributed by atoms with van der Waals surface area (Å²) in [6.45, 7) is 2.20. The van der Waals surface area contributed by atoms with Gasteiger partial charge in [-0.05, 0) is 48.9 Å². The van der Waals surface area contributed by atoms with Crippen LogP contribution >= 0.6 is 11.8 Å². The van der Waals surface area contributed by atoms with Gasteiger partial charge >= 0.3 is 0 Å². The highest BCUT2D eigenvalue weighted by molar-refractivity contribution is 7.98. The topological polar surface area (TPSA) is 12.0 Å². The average molecular weight is 193 g/mol. The molecule has 1 nitrogen and oxygen atoms in total. The van der Waals surface area contributed by atoms with Crippen LogP contribution in [0, 0.1) is 0 Å². The van der Waals surface area contributed by atoms with Gasteiger partial charge in [-0.1, -0.05) is 6.07 Å². The molecule has 0 amide bonds. The van der Waals surface area contributed by atoms with Crippen LogP contribution in [-0.4, -0.2) is 12.8 Å². The molecule has 0 aliphatic carbocycles. The Morgan fingerprint density at radius 3 is 3.08 bits per heavy atom. The predicted octanol–water partition coefficient (Wildman–Crippen LogP) is 2.44. The van der Waals surface area contributed by atoms with E-state index in [9.17, 15) is 0 Å². The van der Waals surface area contributed by atoms with Crippen LogP contribution < -0.4 is 5.32 Å². The van der Waals surface area contributed by atoms with Gasteiger partial charge in [0.1, 0.15) is 0 Å². The van der Waals surface area contributed by atoms with Crippen molar-refractivity contribution in [2.75, 3.05) is 12.8 Å². The van der Waals surface area contributed by atoms with Crippen molar-refractivity contribution < 1.29 is 0 Å². The molecule has 1 heterocycles. The second-order valence-electron chi connectivity index (χ2n) is 3.41.